The van der Waals surface area contributed by atoms with Crippen molar-refractivity contribution in [2.45, 2.75) is 38.1 Å². The van der Waals surface area contributed by atoms with Crippen LogP contribution >= 0.6 is 0 Å². The van der Waals surface area contributed by atoms with Crippen LogP contribution in [0.1, 0.15) is 32.1 Å². The first-order valence-corrected chi connectivity index (χ1v) is 7.64. The van der Waals surface area contributed by atoms with Gasteiger partial charge in [0.25, 0.3) is 0 Å². The van der Waals surface area contributed by atoms with E-state index in [1.807, 2.05) is 0 Å². The normalized spacial score (nSPS) is 57.2. The van der Waals surface area contributed by atoms with Gasteiger partial charge in [0.2, 0.25) is 0 Å². The molecule has 1 spiro atoms. The predicted octanol–water partition coefficient (Wildman–Crippen LogP) is 1.05. The molecule has 0 amide bonds. The minimum atomic E-state index is -3.45. The molecule has 1 saturated heterocycles. The maximum atomic E-state index is 11.5. The third kappa shape index (κ3) is 1.19. The Hall–Kier alpha value is -0.130. The SMILES string of the molecule is O=S1(=O)NC2C3C[C@@H]4C[C@H](C3)CC2(CO1)C4. The van der Waals surface area contributed by atoms with Gasteiger partial charge < -0.3 is 0 Å². The fourth-order valence-corrected chi connectivity index (χ4v) is 6.23. The second kappa shape index (κ2) is 2.82. The first kappa shape index (κ1) is 9.85. The van der Waals surface area contributed by atoms with E-state index in [0.29, 0.717) is 12.5 Å². The molecule has 3 unspecified atom stereocenters. The molecule has 0 aromatic heterocycles. The van der Waals surface area contributed by atoms with Crippen LogP contribution < -0.4 is 4.72 Å². The summed E-state index contributed by atoms with van der Waals surface area (Å²) in [5.74, 6) is 2.24. The summed E-state index contributed by atoms with van der Waals surface area (Å²) in [4.78, 5) is 0. The first-order chi connectivity index (χ1) is 7.56. The maximum absolute atomic E-state index is 11.5. The zero-order valence-corrected chi connectivity index (χ0v) is 10.0. The van der Waals surface area contributed by atoms with Gasteiger partial charge in [-0.2, -0.15) is 13.1 Å². The lowest BCUT2D eigenvalue weighted by atomic mass is 9.48. The van der Waals surface area contributed by atoms with Crippen molar-refractivity contribution in [2.75, 3.05) is 6.61 Å². The second-order valence-electron chi connectivity index (χ2n) is 6.28. The molecule has 4 aliphatic carbocycles. The van der Waals surface area contributed by atoms with Crippen LogP contribution in [-0.2, 0) is 14.5 Å². The molecule has 1 N–H and O–H groups in total. The van der Waals surface area contributed by atoms with Gasteiger partial charge in [0.15, 0.2) is 0 Å². The minimum absolute atomic E-state index is 0.139. The molecule has 90 valence electrons. The van der Waals surface area contributed by atoms with E-state index < -0.39 is 10.3 Å². The molecule has 4 nitrogen and oxygen atoms in total. The Kier molecular flexibility index (Phi) is 1.73. The molecule has 4 saturated carbocycles. The third-order valence-corrected chi connectivity index (χ3v) is 6.20. The van der Waals surface area contributed by atoms with Crippen molar-refractivity contribution in [3.8, 4) is 0 Å². The van der Waals surface area contributed by atoms with Gasteiger partial charge in [-0.15, -0.1) is 0 Å². The summed E-state index contributed by atoms with van der Waals surface area (Å²) in [6, 6.07) is 0.166. The van der Waals surface area contributed by atoms with Crippen molar-refractivity contribution in [2.24, 2.45) is 23.2 Å². The van der Waals surface area contributed by atoms with Crippen molar-refractivity contribution < 1.29 is 12.6 Å². The van der Waals surface area contributed by atoms with E-state index in [-0.39, 0.29) is 11.5 Å². The Bertz CT molecular complexity index is 419. The minimum Gasteiger partial charge on any atom is -0.257 e. The summed E-state index contributed by atoms with van der Waals surface area (Å²) in [6.07, 6.45) is 6.18. The van der Waals surface area contributed by atoms with Crippen LogP contribution in [0.4, 0.5) is 0 Å². The summed E-state index contributed by atoms with van der Waals surface area (Å²) < 4.78 is 30.8. The highest BCUT2D eigenvalue weighted by Crippen LogP contribution is 2.61. The topological polar surface area (TPSA) is 55.4 Å². The van der Waals surface area contributed by atoms with E-state index in [4.69, 9.17) is 4.18 Å². The van der Waals surface area contributed by atoms with Crippen LogP contribution in [0, 0.1) is 23.2 Å². The van der Waals surface area contributed by atoms with Gasteiger partial charge in [-0.1, -0.05) is 0 Å². The highest BCUT2D eigenvalue weighted by molar-refractivity contribution is 7.84. The lowest BCUT2D eigenvalue weighted by molar-refractivity contribution is -0.108. The molecular formula is C11H17NO3S. The quantitative estimate of drug-likeness (QED) is 0.692. The Labute approximate surface area is 96.0 Å². The van der Waals surface area contributed by atoms with Gasteiger partial charge >= 0.3 is 10.3 Å². The first-order valence-electron chi connectivity index (χ1n) is 6.23. The Balaban J connectivity index is 1.75. The van der Waals surface area contributed by atoms with Gasteiger partial charge in [0.1, 0.15) is 0 Å². The molecule has 16 heavy (non-hydrogen) atoms. The monoisotopic (exact) mass is 243 g/mol. The third-order valence-electron chi connectivity index (χ3n) is 5.23. The Morgan fingerprint density at radius 2 is 1.81 bits per heavy atom. The number of hydrogen-bond acceptors (Lipinski definition) is 3. The average Bonchev–Trinajstić information content (AvgIpc) is 2.19. The van der Waals surface area contributed by atoms with E-state index in [1.54, 1.807) is 0 Å². The molecule has 5 rings (SSSR count). The van der Waals surface area contributed by atoms with Crippen molar-refractivity contribution >= 4 is 10.3 Å². The highest BCUT2D eigenvalue weighted by atomic mass is 32.2. The highest BCUT2D eigenvalue weighted by Gasteiger charge is 2.60. The van der Waals surface area contributed by atoms with Crippen LogP contribution in [0.15, 0.2) is 0 Å². The fourth-order valence-electron chi connectivity index (χ4n) is 5.02. The largest absolute Gasteiger partial charge is 0.336 e. The molecule has 0 aromatic carbocycles. The predicted molar refractivity (Wildman–Crippen MR) is 57.8 cm³/mol. The summed E-state index contributed by atoms with van der Waals surface area (Å²) in [5.41, 5.74) is 0.139. The Morgan fingerprint density at radius 1 is 1.12 bits per heavy atom. The van der Waals surface area contributed by atoms with Crippen LogP contribution in [0.3, 0.4) is 0 Å². The van der Waals surface area contributed by atoms with E-state index >= 15 is 0 Å². The van der Waals surface area contributed by atoms with Crippen LogP contribution in [-0.4, -0.2) is 21.1 Å². The standard InChI is InChI=1S/C11H17NO3S/c13-16(14)12-10-9-2-7-1-8(3-9)5-11(10,4-7)6-15-16/h7-10,12H,1-6H2/t7-,8+,9?,10?,11?. The zero-order chi connectivity index (χ0) is 11.0. The Morgan fingerprint density at radius 3 is 2.50 bits per heavy atom. The molecule has 5 aliphatic rings. The van der Waals surface area contributed by atoms with Crippen LogP contribution in [0.2, 0.25) is 0 Å². The van der Waals surface area contributed by atoms with Gasteiger partial charge in [-0.3, -0.25) is 4.18 Å². The molecule has 5 atom stereocenters. The van der Waals surface area contributed by atoms with Crippen molar-refractivity contribution in [3.63, 3.8) is 0 Å². The molecule has 1 aliphatic heterocycles. The van der Waals surface area contributed by atoms with Crippen LogP contribution in [0.5, 0.6) is 0 Å². The van der Waals surface area contributed by atoms with Gasteiger partial charge in [0, 0.05) is 11.5 Å². The van der Waals surface area contributed by atoms with Crippen LogP contribution in [0.25, 0.3) is 0 Å². The van der Waals surface area contributed by atoms with Crippen molar-refractivity contribution in [1.82, 2.24) is 4.72 Å². The lowest BCUT2D eigenvalue weighted by Gasteiger charge is -2.62. The number of nitrogens with one attached hydrogen (secondary N) is 1. The number of hydrogen-bond donors (Lipinski definition) is 1. The fraction of sp³-hybridized carbons (Fsp3) is 1.00. The van der Waals surface area contributed by atoms with E-state index in [0.717, 1.165) is 11.8 Å². The van der Waals surface area contributed by atoms with Gasteiger partial charge in [0.05, 0.1) is 6.61 Å². The second-order valence-corrected chi connectivity index (χ2v) is 7.66. The molecule has 1 heterocycles. The number of rotatable bonds is 0. The van der Waals surface area contributed by atoms with Crippen molar-refractivity contribution in [1.29, 1.82) is 0 Å². The smallest absolute Gasteiger partial charge is 0.257 e. The molecule has 5 heteroatoms. The van der Waals surface area contributed by atoms with E-state index in [9.17, 15) is 8.42 Å². The summed E-state index contributed by atoms with van der Waals surface area (Å²) in [6.45, 7) is 0.427. The summed E-state index contributed by atoms with van der Waals surface area (Å²) >= 11 is 0. The average molecular weight is 243 g/mol. The molecular weight excluding hydrogens is 226 g/mol. The van der Waals surface area contributed by atoms with E-state index in [1.165, 1.54) is 32.1 Å². The van der Waals surface area contributed by atoms with Crippen molar-refractivity contribution in [3.05, 3.63) is 0 Å². The summed E-state index contributed by atoms with van der Waals surface area (Å²) in [5, 5.41) is 0. The summed E-state index contributed by atoms with van der Waals surface area (Å²) in [7, 11) is -3.45. The zero-order valence-electron chi connectivity index (χ0n) is 9.19. The maximum Gasteiger partial charge on any atom is 0.336 e. The van der Waals surface area contributed by atoms with E-state index in [2.05, 4.69) is 4.72 Å². The molecule has 5 fully saturated rings. The molecule has 4 bridgehead atoms. The lowest BCUT2D eigenvalue weighted by Crippen LogP contribution is -2.66. The molecule has 0 radical (unpaired) electrons. The molecule has 0 aromatic rings. The van der Waals surface area contributed by atoms with Gasteiger partial charge in [-0.25, -0.2) is 0 Å². The van der Waals surface area contributed by atoms with Gasteiger partial charge in [-0.05, 0) is 49.9 Å².